The van der Waals surface area contributed by atoms with E-state index in [1.165, 1.54) is 0 Å². The van der Waals surface area contributed by atoms with E-state index in [2.05, 4.69) is 22.5 Å². The van der Waals surface area contributed by atoms with Gasteiger partial charge >= 0.3 is 0 Å². The van der Waals surface area contributed by atoms with Gasteiger partial charge in [-0.1, -0.05) is 11.6 Å². The highest BCUT2D eigenvalue weighted by Gasteiger charge is 2.17. The molecule has 3 rings (SSSR count). The molecule has 30 heavy (non-hydrogen) atoms. The van der Waals surface area contributed by atoms with E-state index in [0.29, 0.717) is 29.9 Å². The summed E-state index contributed by atoms with van der Waals surface area (Å²) in [6, 6.07) is 3.94. The Balaban J connectivity index is 0.00000320. The van der Waals surface area contributed by atoms with Crippen molar-refractivity contribution in [3.05, 3.63) is 22.7 Å². The summed E-state index contributed by atoms with van der Waals surface area (Å²) in [7, 11) is 0. The molecule has 0 amide bonds. The Labute approximate surface area is 201 Å². The lowest BCUT2D eigenvalue weighted by Crippen LogP contribution is -2.38. The zero-order chi connectivity index (χ0) is 20.3. The number of hydrogen-bond acceptors (Lipinski definition) is 5. The van der Waals surface area contributed by atoms with Crippen LogP contribution in [0.2, 0.25) is 5.02 Å². The minimum absolute atomic E-state index is 0. The van der Waals surface area contributed by atoms with Crippen molar-refractivity contribution in [2.45, 2.75) is 26.2 Å². The summed E-state index contributed by atoms with van der Waals surface area (Å²) in [6.45, 7) is 8.68. The van der Waals surface area contributed by atoms with E-state index in [1.54, 1.807) is 0 Å². The monoisotopic (exact) mass is 553 g/mol. The molecule has 0 aliphatic carbocycles. The molecule has 7 nitrogen and oxygen atoms in total. The Bertz CT molecular complexity index is 672. The zero-order valence-electron chi connectivity index (χ0n) is 17.6. The second kappa shape index (κ2) is 14.2. The van der Waals surface area contributed by atoms with Crippen molar-refractivity contribution in [3.8, 4) is 11.5 Å². The van der Waals surface area contributed by atoms with Crippen LogP contribution in [0.25, 0.3) is 0 Å². The third-order valence-electron chi connectivity index (χ3n) is 4.80. The lowest BCUT2D eigenvalue weighted by atomic mass is 10.1. The van der Waals surface area contributed by atoms with Gasteiger partial charge in [0.05, 0.1) is 18.2 Å². The molecule has 2 N–H and O–H groups in total. The summed E-state index contributed by atoms with van der Waals surface area (Å²) in [5, 5.41) is 7.25. The van der Waals surface area contributed by atoms with Crippen LogP contribution in [0, 0.1) is 5.92 Å². The first-order valence-electron chi connectivity index (χ1n) is 10.5. The average Bonchev–Trinajstić information content (AvgIpc) is 3.24. The first-order valence-corrected chi connectivity index (χ1v) is 10.9. The van der Waals surface area contributed by atoms with E-state index >= 15 is 0 Å². The smallest absolute Gasteiger partial charge is 0.191 e. The standard InChI is InChI=1S/C21H32ClN3O4.HI/c1-2-23-21(24-6-3-8-26-14-17-5-9-27-15-17)25-7-4-16-12-18(22)20-19(13-16)28-10-11-29-20;/h12-13,17H,2-11,14-15H2,1H3,(H2,23,24,25);1H. The Morgan fingerprint density at radius 1 is 1.23 bits per heavy atom. The van der Waals surface area contributed by atoms with Crippen LogP contribution in [-0.4, -0.2) is 65.2 Å². The SMILES string of the molecule is CCNC(=NCCCOCC1CCOC1)NCCc1cc(Cl)c2c(c1)OCCO2.I. The number of ether oxygens (including phenoxy) is 4. The highest BCUT2D eigenvalue weighted by atomic mass is 127. The number of fused-ring (bicyclic) bond motifs is 1. The van der Waals surface area contributed by atoms with Crippen LogP contribution in [0.1, 0.15) is 25.3 Å². The maximum Gasteiger partial charge on any atom is 0.191 e. The second-order valence-corrected chi connectivity index (χ2v) is 7.60. The van der Waals surface area contributed by atoms with E-state index in [1.807, 2.05) is 12.1 Å². The quantitative estimate of drug-likeness (QED) is 0.201. The van der Waals surface area contributed by atoms with Crippen LogP contribution in [0.15, 0.2) is 17.1 Å². The number of nitrogens with zero attached hydrogens (tertiary/aromatic N) is 1. The average molecular weight is 554 g/mol. The van der Waals surface area contributed by atoms with Crippen molar-refractivity contribution < 1.29 is 18.9 Å². The van der Waals surface area contributed by atoms with Crippen molar-refractivity contribution >= 4 is 41.5 Å². The van der Waals surface area contributed by atoms with Gasteiger partial charge in [0.25, 0.3) is 0 Å². The van der Waals surface area contributed by atoms with Crippen molar-refractivity contribution in [3.63, 3.8) is 0 Å². The van der Waals surface area contributed by atoms with Gasteiger partial charge in [-0.3, -0.25) is 4.99 Å². The lowest BCUT2D eigenvalue weighted by Gasteiger charge is -2.20. The van der Waals surface area contributed by atoms with Crippen molar-refractivity contribution in [2.75, 3.05) is 59.3 Å². The van der Waals surface area contributed by atoms with Crippen molar-refractivity contribution in [1.82, 2.24) is 10.6 Å². The number of guanidine groups is 1. The van der Waals surface area contributed by atoms with E-state index in [4.69, 9.17) is 30.5 Å². The molecule has 2 aliphatic heterocycles. The number of benzene rings is 1. The molecule has 2 heterocycles. The number of halogens is 2. The summed E-state index contributed by atoms with van der Waals surface area (Å²) in [4.78, 5) is 4.62. The van der Waals surface area contributed by atoms with Crippen LogP contribution < -0.4 is 20.1 Å². The fraction of sp³-hybridized carbons (Fsp3) is 0.667. The Hall–Kier alpha value is -0.970. The van der Waals surface area contributed by atoms with E-state index in [9.17, 15) is 0 Å². The normalized spacial score (nSPS) is 18.1. The minimum Gasteiger partial charge on any atom is -0.486 e. The molecule has 1 saturated heterocycles. The zero-order valence-corrected chi connectivity index (χ0v) is 20.7. The van der Waals surface area contributed by atoms with Gasteiger partial charge in [-0.2, -0.15) is 0 Å². The van der Waals surface area contributed by atoms with E-state index in [0.717, 1.165) is 82.6 Å². The van der Waals surface area contributed by atoms with Crippen molar-refractivity contribution in [1.29, 1.82) is 0 Å². The van der Waals surface area contributed by atoms with Gasteiger partial charge in [0.1, 0.15) is 13.2 Å². The van der Waals surface area contributed by atoms with Crippen LogP contribution in [0.4, 0.5) is 0 Å². The van der Waals surface area contributed by atoms with E-state index < -0.39 is 0 Å². The van der Waals surface area contributed by atoms with Gasteiger partial charge < -0.3 is 29.6 Å². The summed E-state index contributed by atoms with van der Waals surface area (Å²) in [5.41, 5.74) is 1.10. The molecule has 1 aromatic carbocycles. The van der Waals surface area contributed by atoms with Crippen LogP contribution in [0.3, 0.4) is 0 Å². The summed E-state index contributed by atoms with van der Waals surface area (Å²) < 4.78 is 22.3. The number of aliphatic imine (C=N–C) groups is 1. The van der Waals surface area contributed by atoms with E-state index in [-0.39, 0.29) is 24.0 Å². The van der Waals surface area contributed by atoms with Gasteiger partial charge in [0.2, 0.25) is 0 Å². The molecular formula is C21H33ClIN3O4. The predicted octanol–water partition coefficient (Wildman–Crippen LogP) is 3.27. The molecule has 0 bridgehead atoms. The van der Waals surface area contributed by atoms with Gasteiger partial charge in [-0.25, -0.2) is 0 Å². The Morgan fingerprint density at radius 2 is 2.10 bits per heavy atom. The first-order chi connectivity index (χ1) is 14.3. The predicted molar refractivity (Wildman–Crippen MR) is 130 cm³/mol. The molecule has 0 aromatic heterocycles. The second-order valence-electron chi connectivity index (χ2n) is 7.20. The highest BCUT2D eigenvalue weighted by molar-refractivity contribution is 14.0. The summed E-state index contributed by atoms with van der Waals surface area (Å²) >= 11 is 6.31. The summed E-state index contributed by atoms with van der Waals surface area (Å²) in [6.07, 6.45) is 2.83. The molecule has 0 spiro atoms. The van der Waals surface area contributed by atoms with Crippen LogP contribution in [-0.2, 0) is 15.9 Å². The molecule has 0 radical (unpaired) electrons. The molecule has 1 unspecified atom stereocenters. The maximum absolute atomic E-state index is 6.31. The molecule has 1 fully saturated rings. The van der Waals surface area contributed by atoms with Gasteiger partial charge in [-0.15, -0.1) is 24.0 Å². The molecule has 1 atom stereocenters. The third kappa shape index (κ3) is 8.28. The minimum atomic E-state index is 0. The molecule has 170 valence electrons. The highest BCUT2D eigenvalue weighted by Crippen LogP contribution is 2.38. The van der Waals surface area contributed by atoms with Crippen LogP contribution >= 0.6 is 35.6 Å². The fourth-order valence-corrected chi connectivity index (χ4v) is 3.59. The Kier molecular flexibility index (Phi) is 11.9. The van der Waals surface area contributed by atoms with Crippen molar-refractivity contribution in [2.24, 2.45) is 10.9 Å². The van der Waals surface area contributed by atoms with Gasteiger partial charge in [0.15, 0.2) is 17.5 Å². The molecule has 1 aromatic rings. The number of rotatable bonds is 10. The number of hydrogen-bond donors (Lipinski definition) is 2. The number of nitrogens with one attached hydrogen (secondary N) is 2. The molecule has 2 aliphatic rings. The third-order valence-corrected chi connectivity index (χ3v) is 5.08. The van der Waals surface area contributed by atoms with Gasteiger partial charge in [-0.05, 0) is 43.9 Å². The van der Waals surface area contributed by atoms with Crippen LogP contribution in [0.5, 0.6) is 11.5 Å². The molecular weight excluding hydrogens is 521 g/mol. The molecule has 0 saturated carbocycles. The Morgan fingerprint density at radius 3 is 2.90 bits per heavy atom. The lowest BCUT2D eigenvalue weighted by molar-refractivity contribution is 0.0893. The topological polar surface area (TPSA) is 73.3 Å². The summed E-state index contributed by atoms with van der Waals surface area (Å²) in [5.74, 6) is 2.75. The van der Waals surface area contributed by atoms with Gasteiger partial charge in [0, 0.05) is 38.8 Å². The first kappa shape index (κ1) is 25.3. The molecule has 9 heteroatoms. The largest absolute Gasteiger partial charge is 0.486 e. The fourth-order valence-electron chi connectivity index (χ4n) is 3.30. The maximum atomic E-state index is 6.31.